The third kappa shape index (κ3) is 4.29. The number of hydrogen-bond donors (Lipinski definition) is 1. The van der Waals surface area contributed by atoms with Crippen molar-refractivity contribution in [2.24, 2.45) is 5.73 Å². The van der Waals surface area contributed by atoms with Gasteiger partial charge in [0.1, 0.15) is 0 Å². The fourth-order valence-corrected chi connectivity index (χ4v) is 3.02. The van der Waals surface area contributed by atoms with Gasteiger partial charge in [-0.05, 0) is 32.3 Å². The summed E-state index contributed by atoms with van der Waals surface area (Å²) >= 11 is 0. The summed E-state index contributed by atoms with van der Waals surface area (Å²) in [6, 6.07) is 11.3. The van der Waals surface area contributed by atoms with Crippen molar-refractivity contribution in [1.82, 2.24) is 9.80 Å². The van der Waals surface area contributed by atoms with E-state index in [0.29, 0.717) is 12.1 Å². The molecule has 0 bridgehead atoms. The van der Waals surface area contributed by atoms with Crippen LogP contribution in [-0.4, -0.2) is 47.4 Å². The highest BCUT2D eigenvalue weighted by molar-refractivity contribution is 5.78. The highest BCUT2D eigenvalue weighted by Gasteiger charge is 2.29. The molecule has 1 atom stereocenters. The predicted molar refractivity (Wildman–Crippen MR) is 85.8 cm³/mol. The lowest BCUT2D eigenvalue weighted by Crippen LogP contribution is -2.46. The summed E-state index contributed by atoms with van der Waals surface area (Å²) in [5.41, 5.74) is 6.84. The van der Waals surface area contributed by atoms with E-state index in [4.69, 9.17) is 5.73 Å². The lowest BCUT2D eigenvalue weighted by molar-refractivity contribution is -0.130. The number of carbonyl (C=O) groups is 1. The van der Waals surface area contributed by atoms with E-state index in [-0.39, 0.29) is 12.5 Å². The third-order valence-electron chi connectivity index (χ3n) is 4.28. The van der Waals surface area contributed by atoms with Crippen molar-refractivity contribution in [3.05, 3.63) is 35.9 Å². The van der Waals surface area contributed by atoms with Crippen LogP contribution >= 0.6 is 0 Å². The van der Waals surface area contributed by atoms with Crippen LogP contribution in [0, 0.1) is 0 Å². The maximum absolute atomic E-state index is 11.9. The van der Waals surface area contributed by atoms with E-state index in [9.17, 15) is 4.79 Å². The molecule has 1 fully saturated rings. The van der Waals surface area contributed by atoms with E-state index < -0.39 is 0 Å². The van der Waals surface area contributed by atoms with Crippen molar-refractivity contribution in [3.63, 3.8) is 0 Å². The highest BCUT2D eigenvalue weighted by atomic mass is 16.2. The summed E-state index contributed by atoms with van der Waals surface area (Å²) in [6.07, 6.45) is 2.18. The molecule has 0 spiro atoms. The van der Waals surface area contributed by atoms with Gasteiger partial charge in [-0.25, -0.2) is 0 Å². The molecule has 4 nitrogen and oxygen atoms in total. The zero-order chi connectivity index (χ0) is 15.2. The second-order valence-corrected chi connectivity index (χ2v) is 6.10. The molecule has 116 valence electrons. The number of carbonyl (C=O) groups excluding carboxylic acids is 1. The van der Waals surface area contributed by atoms with Gasteiger partial charge in [-0.2, -0.15) is 0 Å². The number of nitrogens with zero attached hydrogens (tertiary/aromatic N) is 2. The molecule has 1 amide bonds. The smallest absolute Gasteiger partial charge is 0.236 e. The minimum Gasteiger partial charge on any atom is -0.337 e. The summed E-state index contributed by atoms with van der Waals surface area (Å²) in [7, 11) is 0. The topological polar surface area (TPSA) is 49.6 Å². The lowest BCUT2D eigenvalue weighted by atomic mass is 10.1. The summed E-state index contributed by atoms with van der Waals surface area (Å²) in [5.74, 6) is 0.0842. The van der Waals surface area contributed by atoms with E-state index in [1.54, 1.807) is 0 Å². The van der Waals surface area contributed by atoms with E-state index in [2.05, 4.69) is 43.0 Å². The molecular weight excluding hydrogens is 262 g/mol. The molecule has 1 heterocycles. The van der Waals surface area contributed by atoms with Crippen molar-refractivity contribution in [1.29, 1.82) is 0 Å². The number of benzene rings is 1. The molecule has 0 aliphatic carbocycles. The van der Waals surface area contributed by atoms with Crippen molar-refractivity contribution < 1.29 is 4.79 Å². The van der Waals surface area contributed by atoms with Crippen LogP contribution in [0.4, 0.5) is 0 Å². The zero-order valence-electron chi connectivity index (χ0n) is 13.2. The van der Waals surface area contributed by atoms with E-state index in [1.807, 2.05) is 11.0 Å². The predicted octanol–water partition coefficient (Wildman–Crippen LogP) is 1.85. The molecule has 1 aromatic rings. The Morgan fingerprint density at radius 2 is 2.10 bits per heavy atom. The first-order valence-electron chi connectivity index (χ1n) is 7.89. The Bertz CT molecular complexity index is 447. The molecule has 1 saturated heterocycles. The van der Waals surface area contributed by atoms with Crippen LogP contribution in [0.1, 0.15) is 32.3 Å². The SMILES string of the molecule is CC(C)N(Cc1ccccc1)C[C@H]1CCCN1C(=O)CN. The Morgan fingerprint density at radius 3 is 2.71 bits per heavy atom. The molecule has 1 aliphatic rings. The molecule has 4 heteroatoms. The van der Waals surface area contributed by atoms with E-state index in [1.165, 1.54) is 5.56 Å². The fourth-order valence-electron chi connectivity index (χ4n) is 3.02. The van der Waals surface area contributed by atoms with Gasteiger partial charge in [-0.1, -0.05) is 30.3 Å². The Morgan fingerprint density at radius 1 is 1.38 bits per heavy atom. The van der Waals surface area contributed by atoms with Crippen LogP contribution in [0.15, 0.2) is 30.3 Å². The summed E-state index contributed by atoms with van der Waals surface area (Å²) < 4.78 is 0. The Hall–Kier alpha value is -1.39. The van der Waals surface area contributed by atoms with Crippen molar-refractivity contribution in [2.75, 3.05) is 19.6 Å². The minimum absolute atomic E-state index is 0.0842. The van der Waals surface area contributed by atoms with E-state index >= 15 is 0 Å². The van der Waals surface area contributed by atoms with Gasteiger partial charge < -0.3 is 10.6 Å². The van der Waals surface area contributed by atoms with Crippen LogP contribution in [0.2, 0.25) is 0 Å². The molecule has 2 N–H and O–H groups in total. The standard InChI is InChI=1S/C17H27N3O/c1-14(2)19(12-15-7-4-3-5-8-15)13-16-9-6-10-20(16)17(21)11-18/h3-5,7-8,14,16H,6,9-13,18H2,1-2H3/t16-/m1/s1. The number of hydrogen-bond acceptors (Lipinski definition) is 3. The van der Waals surface area contributed by atoms with Gasteiger partial charge in [0, 0.05) is 31.7 Å². The van der Waals surface area contributed by atoms with Gasteiger partial charge in [0.15, 0.2) is 0 Å². The number of likely N-dealkylation sites (tertiary alicyclic amines) is 1. The van der Waals surface area contributed by atoms with Crippen LogP contribution in [0.3, 0.4) is 0 Å². The second kappa shape index (κ2) is 7.57. The van der Waals surface area contributed by atoms with Crippen LogP contribution < -0.4 is 5.73 Å². The monoisotopic (exact) mass is 289 g/mol. The largest absolute Gasteiger partial charge is 0.337 e. The molecular formula is C17H27N3O. The molecule has 1 aliphatic heterocycles. The van der Waals surface area contributed by atoms with Crippen molar-refractivity contribution in [2.45, 2.75) is 45.3 Å². The van der Waals surface area contributed by atoms with Crippen LogP contribution in [-0.2, 0) is 11.3 Å². The van der Waals surface area contributed by atoms with Gasteiger partial charge in [-0.15, -0.1) is 0 Å². The second-order valence-electron chi connectivity index (χ2n) is 6.10. The molecule has 2 rings (SSSR count). The first-order valence-corrected chi connectivity index (χ1v) is 7.89. The first-order chi connectivity index (χ1) is 10.1. The maximum atomic E-state index is 11.9. The molecule has 0 unspecified atom stereocenters. The van der Waals surface area contributed by atoms with Crippen molar-refractivity contribution >= 4 is 5.91 Å². The zero-order valence-corrected chi connectivity index (χ0v) is 13.2. The Kier molecular flexibility index (Phi) is 5.76. The molecule has 21 heavy (non-hydrogen) atoms. The number of rotatable bonds is 6. The van der Waals surface area contributed by atoms with Crippen LogP contribution in [0.5, 0.6) is 0 Å². The lowest BCUT2D eigenvalue weighted by Gasteiger charge is -2.33. The van der Waals surface area contributed by atoms with Crippen LogP contribution in [0.25, 0.3) is 0 Å². The molecule has 1 aromatic carbocycles. The number of amides is 1. The Balaban J connectivity index is 2.01. The molecule has 0 saturated carbocycles. The number of nitrogens with two attached hydrogens (primary N) is 1. The first kappa shape index (κ1) is 16.0. The third-order valence-corrected chi connectivity index (χ3v) is 4.28. The molecule has 0 radical (unpaired) electrons. The van der Waals surface area contributed by atoms with Gasteiger partial charge in [0.05, 0.1) is 6.54 Å². The summed E-state index contributed by atoms with van der Waals surface area (Å²) in [4.78, 5) is 16.3. The maximum Gasteiger partial charge on any atom is 0.236 e. The average Bonchev–Trinajstić information content (AvgIpc) is 2.95. The van der Waals surface area contributed by atoms with E-state index in [0.717, 1.165) is 32.5 Å². The normalized spacial score (nSPS) is 18.7. The van der Waals surface area contributed by atoms with Gasteiger partial charge >= 0.3 is 0 Å². The minimum atomic E-state index is 0.0842. The Labute approximate surface area is 127 Å². The van der Waals surface area contributed by atoms with Crippen molar-refractivity contribution in [3.8, 4) is 0 Å². The highest BCUT2D eigenvalue weighted by Crippen LogP contribution is 2.20. The van der Waals surface area contributed by atoms with Gasteiger partial charge in [0.25, 0.3) is 0 Å². The average molecular weight is 289 g/mol. The van der Waals surface area contributed by atoms with Gasteiger partial charge in [-0.3, -0.25) is 9.69 Å². The van der Waals surface area contributed by atoms with Gasteiger partial charge in [0.2, 0.25) is 5.91 Å². The quantitative estimate of drug-likeness (QED) is 0.869. The summed E-state index contributed by atoms with van der Waals surface area (Å²) in [6.45, 7) is 7.27. The summed E-state index contributed by atoms with van der Waals surface area (Å²) in [5, 5.41) is 0. The molecule has 0 aromatic heterocycles. The fraction of sp³-hybridized carbons (Fsp3) is 0.588.